The number of ether oxygens (including phenoxy) is 1. The zero-order valence-electron chi connectivity index (χ0n) is 11.6. The first-order valence-corrected chi connectivity index (χ1v) is 7.13. The highest BCUT2D eigenvalue weighted by atomic mass is 19.1. The highest BCUT2D eigenvalue weighted by Crippen LogP contribution is 2.35. The lowest BCUT2D eigenvalue weighted by molar-refractivity contribution is -0.123. The van der Waals surface area contributed by atoms with Gasteiger partial charge in [0.2, 0.25) is 5.91 Å². The summed E-state index contributed by atoms with van der Waals surface area (Å²) in [4.78, 5) is 14.5. The van der Waals surface area contributed by atoms with Crippen LogP contribution in [0.5, 0.6) is 5.75 Å². The van der Waals surface area contributed by atoms with E-state index in [1.54, 1.807) is 11.0 Å². The number of benzene rings is 1. The average Bonchev–Trinajstić information content (AvgIpc) is 2.46. The number of rotatable bonds is 1. The van der Waals surface area contributed by atoms with Crippen LogP contribution >= 0.6 is 0 Å². The molecule has 1 saturated heterocycles. The lowest BCUT2D eigenvalue weighted by Gasteiger charge is -2.36. The lowest BCUT2D eigenvalue weighted by Crippen LogP contribution is -2.47. The molecule has 0 saturated carbocycles. The molecule has 4 nitrogen and oxygen atoms in total. The van der Waals surface area contributed by atoms with Gasteiger partial charge in [-0.05, 0) is 45.0 Å². The Morgan fingerprint density at radius 2 is 2.15 bits per heavy atom. The van der Waals surface area contributed by atoms with Gasteiger partial charge in [0.25, 0.3) is 0 Å². The Hall–Kier alpha value is -1.62. The van der Waals surface area contributed by atoms with Crippen LogP contribution in [-0.2, 0) is 4.79 Å². The summed E-state index contributed by atoms with van der Waals surface area (Å²) in [6.07, 6.45) is 1.61. The largest absolute Gasteiger partial charge is 0.487 e. The van der Waals surface area contributed by atoms with Crippen molar-refractivity contribution in [3.8, 4) is 5.75 Å². The van der Waals surface area contributed by atoms with Crippen LogP contribution in [0.15, 0.2) is 18.2 Å². The molecule has 1 atom stereocenters. The van der Waals surface area contributed by atoms with Gasteiger partial charge >= 0.3 is 0 Å². The molecule has 1 aromatic rings. The molecular formula is C15H19FN2O2. The van der Waals surface area contributed by atoms with Gasteiger partial charge < -0.3 is 15.0 Å². The summed E-state index contributed by atoms with van der Waals surface area (Å²) in [6, 6.07) is 4.37. The standard InChI is InChI=1S/C15H19FN2O2/c1-10-9-18(15(19)11-4-6-17-7-5-11)13-3-2-12(16)8-14(13)20-10/h2-3,8,10-11,17H,4-7,9H2,1H3/t10-/m1/s1. The predicted octanol–water partition coefficient (Wildman–Crippen LogP) is 1.94. The highest BCUT2D eigenvalue weighted by Gasteiger charge is 2.32. The zero-order chi connectivity index (χ0) is 14.1. The maximum absolute atomic E-state index is 13.3. The van der Waals surface area contributed by atoms with E-state index in [4.69, 9.17) is 4.74 Å². The quantitative estimate of drug-likeness (QED) is 0.853. The lowest BCUT2D eigenvalue weighted by atomic mass is 9.96. The highest BCUT2D eigenvalue weighted by molar-refractivity contribution is 5.97. The molecule has 0 aromatic heterocycles. The van der Waals surface area contributed by atoms with Crippen LogP contribution in [0.1, 0.15) is 19.8 Å². The maximum atomic E-state index is 13.3. The normalized spacial score (nSPS) is 23.1. The summed E-state index contributed by atoms with van der Waals surface area (Å²) in [6.45, 7) is 4.19. The third-order valence-corrected chi connectivity index (χ3v) is 3.93. The number of fused-ring (bicyclic) bond motifs is 1. The minimum Gasteiger partial charge on any atom is -0.487 e. The van der Waals surface area contributed by atoms with Gasteiger partial charge in [0.1, 0.15) is 17.7 Å². The third kappa shape index (κ3) is 2.50. The second kappa shape index (κ2) is 5.40. The summed E-state index contributed by atoms with van der Waals surface area (Å²) in [5, 5.41) is 3.26. The van der Waals surface area contributed by atoms with E-state index < -0.39 is 0 Å². The topological polar surface area (TPSA) is 41.6 Å². The summed E-state index contributed by atoms with van der Waals surface area (Å²) in [5.74, 6) is 0.312. The van der Waals surface area contributed by atoms with E-state index in [9.17, 15) is 9.18 Å². The number of nitrogens with one attached hydrogen (secondary N) is 1. The monoisotopic (exact) mass is 278 g/mol. The molecule has 0 unspecified atom stereocenters. The number of hydrogen-bond donors (Lipinski definition) is 1. The molecule has 1 N–H and O–H groups in total. The molecule has 108 valence electrons. The fraction of sp³-hybridized carbons (Fsp3) is 0.533. The van der Waals surface area contributed by atoms with Crippen LogP contribution < -0.4 is 15.0 Å². The van der Waals surface area contributed by atoms with Crippen LogP contribution in [0.3, 0.4) is 0 Å². The molecule has 0 radical (unpaired) electrons. The Kier molecular flexibility index (Phi) is 3.61. The zero-order valence-corrected chi connectivity index (χ0v) is 11.6. The number of amides is 1. The van der Waals surface area contributed by atoms with Gasteiger partial charge in [-0.2, -0.15) is 0 Å². The Balaban J connectivity index is 1.88. The van der Waals surface area contributed by atoms with Crippen molar-refractivity contribution in [1.29, 1.82) is 0 Å². The summed E-state index contributed by atoms with van der Waals surface area (Å²) in [7, 11) is 0. The van der Waals surface area contributed by atoms with Crippen molar-refractivity contribution in [3.63, 3.8) is 0 Å². The second-order valence-corrected chi connectivity index (χ2v) is 5.51. The summed E-state index contributed by atoms with van der Waals surface area (Å²) < 4.78 is 18.9. The first kappa shape index (κ1) is 13.4. The molecule has 1 amide bonds. The number of carbonyl (C=O) groups excluding carboxylic acids is 1. The summed E-state index contributed by atoms with van der Waals surface area (Å²) in [5.41, 5.74) is 0.688. The van der Waals surface area contributed by atoms with Crippen LogP contribution in [0.4, 0.5) is 10.1 Å². The van der Waals surface area contributed by atoms with Gasteiger partial charge in [-0.15, -0.1) is 0 Å². The molecular weight excluding hydrogens is 259 g/mol. The van der Waals surface area contributed by atoms with E-state index >= 15 is 0 Å². The molecule has 2 aliphatic heterocycles. The number of nitrogens with zero attached hydrogens (tertiary/aromatic N) is 1. The molecule has 1 aromatic carbocycles. The van der Waals surface area contributed by atoms with Crippen molar-refractivity contribution in [3.05, 3.63) is 24.0 Å². The van der Waals surface area contributed by atoms with E-state index in [1.807, 2.05) is 6.92 Å². The van der Waals surface area contributed by atoms with Crippen LogP contribution in [0.2, 0.25) is 0 Å². The number of piperidine rings is 1. The van der Waals surface area contributed by atoms with Crippen molar-refractivity contribution in [2.24, 2.45) is 5.92 Å². The maximum Gasteiger partial charge on any atom is 0.230 e. The third-order valence-electron chi connectivity index (χ3n) is 3.93. The van der Waals surface area contributed by atoms with Crippen LogP contribution in [0, 0.1) is 11.7 Å². The van der Waals surface area contributed by atoms with Crippen molar-refractivity contribution < 1.29 is 13.9 Å². The van der Waals surface area contributed by atoms with Gasteiger partial charge in [0.15, 0.2) is 0 Å². The first-order chi connectivity index (χ1) is 9.65. The van der Waals surface area contributed by atoms with Gasteiger partial charge in [0, 0.05) is 12.0 Å². The minimum absolute atomic E-state index is 0.0550. The Morgan fingerprint density at radius 3 is 2.90 bits per heavy atom. The first-order valence-electron chi connectivity index (χ1n) is 7.13. The number of anilines is 1. The van der Waals surface area contributed by atoms with Crippen LogP contribution in [0.25, 0.3) is 0 Å². The van der Waals surface area contributed by atoms with E-state index in [1.165, 1.54) is 12.1 Å². The SMILES string of the molecule is C[C@@H]1CN(C(=O)C2CCNCC2)c2ccc(F)cc2O1. The second-order valence-electron chi connectivity index (χ2n) is 5.51. The molecule has 0 aliphatic carbocycles. The number of hydrogen-bond acceptors (Lipinski definition) is 3. The molecule has 2 aliphatic rings. The van der Waals surface area contributed by atoms with E-state index in [-0.39, 0.29) is 23.7 Å². The van der Waals surface area contributed by atoms with E-state index in [0.29, 0.717) is 18.0 Å². The average molecular weight is 278 g/mol. The van der Waals surface area contributed by atoms with Crippen molar-refractivity contribution in [2.75, 3.05) is 24.5 Å². The van der Waals surface area contributed by atoms with E-state index in [2.05, 4.69) is 5.32 Å². The Labute approximate surface area is 117 Å². The van der Waals surface area contributed by atoms with Gasteiger partial charge in [0.05, 0.1) is 12.2 Å². The molecule has 20 heavy (non-hydrogen) atoms. The van der Waals surface area contributed by atoms with Gasteiger partial charge in [-0.25, -0.2) is 4.39 Å². The molecule has 5 heteroatoms. The van der Waals surface area contributed by atoms with Crippen molar-refractivity contribution >= 4 is 11.6 Å². The molecule has 1 fully saturated rings. The predicted molar refractivity (Wildman–Crippen MR) is 74.4 cm³/mol. The summed E-state index contributed by atoms with van der Waals surface area (Å²) >= 11 is 0. The van der Waals surface area contributed by atoms with E-state index in [0.717, 1.165) is 25.9 Å². The molecule has 0 spiro atoms. The Morgan fingerprint density at radius 1 is 1.40 bits per heavy atom. The number of carbonyl (C=O) groups is 1. The van der Waals surface area contributed by atoms with Crippen LogP contribution in [-0.4, -0.2) is 31.6 Å². The minimum atomic E-state index is -0.341. The molecule has 0 bridgehead atoms. The van der Waals surface area contributed by atoms with Gasteiger partial charge in [-0.3, -0.25) is 4.79 Å². The number of halogens is 1. The van der Waals surface area contributed by atoms with Crippen molar-refractivity contribution in [1.82, 2.24) is 5.32 Å². The van der Waals surface area contributed by atoms with Crippen molar-refractivity contribution in [2.45, 2.75) is 25.9 Å². The Bertz CT molecular complexity index is 515. The smallest absolute Gasteiger partial charge is 0.230 e. The fourth-order valence-corrected chi connectivity index (χ4v) is 2.91. The molecule has 3 rings (SSSR count). The molecule has 2 heterocycles. The fourth-order valence-electron chi connectivity index (χ4n) is 2.91. The van der Waals surface area contributed by atoms with Gasteiger partial charge in [-0.1, -0.05) is 0 Å².